The Morgan fingerprint density at radius 2 is 2.33 bits per heavy atom. The van der Waals surface area contributed by atoms with Gasteiger partial charge in [0, 0.05) is 18.9 Å². The first-order valence-electron chi connectivity index (χ1n) is 5.74. The highest BCUT2D eigenvalue weighted by Crippen LogP contribution is 2.28. The zero-order valence-electron chi connectivity index (χ0n) is 9.86. The number of thioether (sulfide) groups is 1. The van der Waals surface area contributed by atoms with Gasteiger partial charge in [0.2, 0.25) is 0 Å². The second-order valence-electron chi connectivity index (χ2n) is 3.74. The Hall–Kier alpha value is -0.220. The number of hydrogen-bond donors (Lipinski definition) is 0. The molecule has 1 aliphatic rings. The van der Waals surface area contributed by atoms with Gasteiger partial charge < -0.3 is 9.64 Å². The average molecular weight is 231 g/mol. The van der Waals surface area contributed by atoms with Crippen molar-refractivity contribution in [3.63, 3.8) is 0 Å². The highest BCUT2D eigenvalue weighted by Gasteiger charge is 2.31. The minimum atomic E-state index is -0.284. The quantitative estimate of drug-likeness (QED) is 0.726. The SMILES string of the molecule is CCC[C@@H]1SCCN1C(=O)[C@@H](C)OCC. The fourth-order valence-corrected chi connectivity index (χ4v) is 3.18. The van der Waals surface area contributed by atoms with Crippen LogP contribution >= 0.6 is 11.8 Å². The molecular weight excluding hydrogens is 210 g/mol. The van der Waals surface area contributed by atoms with E-state index in [1.165, 1.54) is 0 Å². The molecule has 0 bridgehead atoms. The zero-order valence-corrected chi connectivity index (χ0v) is 10.7. The van der Waals surface area contributed by atoms with Gasteiger partial charge in [0.25, 0.3) is 5.91 Å². The van der Waals surface area contributed by atoms with E-state index in [9.17, 15) is 4.79 Å². The van der Waals surface area contributed by atoms with Crippen LogP contribution in [-0.2, 0) is 9.53 Å². The monoisotopic (exact) mass is 231 g/mol. The van der Waals surface area contributed by atoms with Crippen LogP contribution in [0.15, 0.2) is 0 Å². The Balaban J connectivity index is 2.50. The smallest absolute Gasteiger partial charge is 0.252 e. The molecular formula is C11H21NO2S. The first kappa shape index (κ1) is 12.8. The van der Waals surface area contributed by atoms with Crippen molar-refractivity contribution in [2.24, 2.45) is 0 Å². The lowest BCUT2D eigenvalue weighted by molar-refractivity contribution is -0.142. The van der Waals surface area contributed by atoms with Gasteiger partial charge in [-0.15, -0.1) is 11.8 Å². The first-order chi connectivity index (χ1) is 7.20. The molecule has 3 nitrogen and oxygen atoms in total. The van der Waals surface area contributed by atoms with Gasteiger partial charge in [-0.05, 0) is 20.3 Å². The second kappa shape index (κ2) is 6.38. The molecule has 0 unspecified atom stereocenters. The Labute approximate surface area is 96.5 Å². The number of ether oxygens (including phenoxy) is 1. The third kappa shape index (κ3) is 3.38. The molecule has 0 aromatic rings. The number of rotatable bonds is 5. The Bertz CT molecular complexity index is 211. The molecule has 0 saturated carbocycles. The molecule has 0 N–H and O–H groups in total. The van der Waals surface area contributed by atoms with E-state index in [0.717, 1.165) is 25.1 Å². The fraction of sp³-hybridized carbons (Fsp3) is 0.909. The normalized spacial score (nSPS) is 23.1. The van der Waals surface area contributed by atoms with Gasteiger partial charge in [-0.3, -0.25) is 4.79 Å². The number of nitrogens with zero attached hydrogens (tertiary/aromatic N) is 1. The maximum absolute atomic E-state index is 12.0. The van der Waals surface area contributed by atoms with Gasteiger partial charge in [0.15, 0.2) is 0 Å². The van der Waals surface area contributed by atoms with Crippen molar-refractivity contribution in [2.45, 2.75) is 45.1 Å². The topological polar surface area (TPSA) is 29.5 Å². The van der Waals surface area contributed by atoms with Crippen LogP contribution in [0, 0.1) is 0 Å². The Morgan fingerprint density at radius 1 is 1.60 bits per heavy atom. The van der Waals surface area contributed by atoms with Crippen molar-refractivity contribution in [2.75, 3.05) is 18.9 Å². The summed E-state index contributed by atoms with van der Waals surface area (Å²) in [4.78, 5) is 14.0. The number of hydrogen-bond acceptors (Lipinski definition) is 3. The lowest BCUT2D eigenvalue weighted by Gasteiger charge is -2.26. The highest BCUT2D eigenvalue weighted by atomic mass is 32.2. The molecule has 0 radical (unpaired) electrons. The van der Waals surface area contributed by atoms with Crippen LogP contribution in [0.4, 0.5) is 0 Å². The van der Waals surface area contributed by atoms with Crippen LogP contribution in [-0.4, -0.2) is 41.2 Å². The maximum atomic E-state index is 12.0. The minimum absolute atomic E-state index is 0.153. The van der Waals surface area contributed by atoms with Crippen molar-refractivity contribution >= 4 is 17.7 Å². The summed E-state index contributed by atoms with van der Waals surface area (Å²) in [6, 6.07) is 0. The van der Waals surface area contributed by atoms with Crippen LogP contribution in [0.3, 0.4) is 0 Å². The van der Waals surface area contributed by atoms with Crippen molar-refractivity contribution < 1.29 is 9.53 Å². The van der Waals surface area contributed by atoms with Crippen molar-refractivity contribution in [3.05, 3.63) is 0 Å². The summed E-state index contributed by atoms with van der Waals surface area (Å²) in [6.45, 7) is 7.41. The van der Waals surface area contributed by atoms with Gasteiger partial charge in [0.05, 0.1) is 5.37 Å². The molecule has 2 atom stereocenters. The molecule has 1 aliphatic heterocycles. The molecule has 1 amide bonds. The molecule has 1 fully saturated rings. The summed E-state index contributed by atoms with van der Waals surface area (Å²) in [5.41, 5.74) is 0. The molecule has 15 heavy (non-hydrogen) atoms. The highest BCUT2D eigenvalue weighted by molar-refractivity contribution is 8.00. The average Bonchev–Trinajstić information content (AvgIpc) is 2.66. The number of amides is 1. The summed E-state index contributed by atoms with van der Waals surface area (Å²) in [6.07, 6.45) is 1.94. The first-order valence-corrected chi connectivity index (χ1v) is 6.79. The van der Waals surface area contributed by atoms with E-state index >= 15 is 0 Å². The van der Waals surface area contributed by atoms with E-state index in [0.29, 0.717) is 12.0 Å². The van der Waals surface area contributed by atoms with E-state index < -0.39 is 0 Å². The fourth-order valence-electron chi connectivity index (χ4n) is 1.81. The molecule has 0 spiro atoms. The minimum Gasteiger partial charge on any atom is -0.369 e. The molecule has 0 aromatic carbocycles. The predicted molar refractivity (Wildman–Crippen MR) is 64.0 cm³/mol. The summed E-state index contributed by atoms with van der Waals surface area (Å²) < 4.78 is 5.34. The molecule has 88 valence electrons. The molecule has 0 aromatic heterocycles. The van der Waals surface area contributed by atoms with Crippen LogP contribution in [0.25, 0.3) is 0 Å². The number of carbonyl (C=O) groups excluding carboxylic acids is 1. The zero-order chi connectivity index (χ0) is 11.3. The number of carbonyl (C=O) groups is 1. The second-order valence-corrected chi connectivity index (χ2v) is 5.03. The third-order valence-electron chi connectivity index (χ3n) is 2.57. The lowest BCUT2D eigenvalue weighted by atomic mass is 10.2. The molecule has 1 rings (SSSR count). The van der Waals surface area contributed by atoms with Crippen molar-refractivity contribution in [3.8, 4) is 0 Å². The third-order valence-corrected chi connectivity index (χ3v) is 3.87. The van der Waals surface area contributed by atoms with Crippen molar-refractivity contribution in [1.29, 1.82) is 0 Å². The van der Waals surface area contributed by atoms with Crippen LogP contribution in [0.5, 0.6) is 0 Å². The molecule has 0 aliphatic carbocycles. The van der Waals surface area contributed by atoms with Crippen LogP contribution in [0.2, 0.25) is 0 Å². The summed E-state index contributed by atoms with van der Waals surface area (Å²) in [5.74, 6) is 1.22. The van der Waals surface area contributed by atoms with E-state index in [1.807, 2.05) is 30.5 Å². The van der Waals surface area contributed by atoms with Crippen molar-refractivity contribution in [1.82, 2.24) is 4.90 Å². The largest absolute Gasteiger partial charge is 0.369 e. The van der Waals surface area contributed by atoms with Gasteiger partial charge in [-0.1, -0.05) is 13.3 Å². The Morgan fingerprint density at radius 3 is 2.93 bits per heavy atom. The molecule has 1 saturated heterocycles. The van der Waals surface area contributed by atoms with E-state index in [-0.39, 0.29) is 12.0 Å². The maximum Gasteiger partial charge on any atom is 0.252 e. The van der Waals surface area contributed by atoms with E-state index in [2.05, 4.69) is 6.92 Å². The van der Waals surface area contributed by atoms with Crippen LogP contribution < -0.4 is 0 Å². The standard InChI is InChI=1S/C11H21NO2S/c1-4-6-10-12(7-8-15-10)11(13)9(3)14-5-2/h9-10H,4-8H2,1-3H3/t9-,10+/m1/s1. The van der Waals surface area contributed by atoms with Gasteiger partial charge in [-0.2, -0.15) is 0 Å². The summed E-state index contributed by atoms with van der Waals surface area (Å²) in [5, 5.41) is 0.380. The van der Waals surface area contributed by atoms with Gasteiger partial charge in [0.1, 0.15) is 6.10 Å². The summed E-state index contributed by atoms with van der Waals surface area (Å²) in [7, 11) is 0. The van der Waals surface area contributed by atoms with Gasteiger partial charge in [-0.25, -0.2) is 0 Å². The van der Waals surface area contributed by atoms with E-state index in [4.69, 9.17) is 4.74 Å². The van der Waals surface area contributed by atoms with Crippen LogP contribution in [0.1, 0.15) is 33.6 Å². The lowest BCUT2D eigenvalue weighted by Crippen LogP contribution is -2.41. The summed E-state index contributed by atoms with van der Waals surface area (Å²) >= 11 is 1.89. The van der Waals surface area contributed by atoms with E-state index in [1.54, 1.807) is 0 Å². The molecule has 1 heterocycles. The van der Waals surface area contributed by atoms with Gasteiger partial charge >= 0.3 is 0 Å². The predicted octanol–water partition coefficient (Wildman–Crippen LogP) is 2.11. The Kier molecular flexibility index (Phi) is 5.47. The molecule has 4 heteroatoms.